The van der Waals surface area contributed by atoms with Gasteiger partial charge in [-0.2, -0.15) is 10.1 Å². The third-order valence-electron chi connectivity index (χ3n) is 5.22. The molecule has 0 atom stereocenters. The molecule has 31 heavy (non-hydrogen) atoms. The van der Waals surface area contributed by atoms with Crippen molar-refractivity contribution in [2.24, 2.45) is 0 Å². The molecule has 4 rings (SSSR count). The minimum Gasteiger partial charge on any atom is -0.497 e. The number of methoxy groups -OCH3 is 1. The van der Waals surface area contributed by atoms with Gasteiger partial charge in [0.1, 0.15) is 11.4 Å². The average Bonchev–Trinajstić information content (AvgIpc) is 3.23. The number of carbonyl (C=O) groups is 1. The van der Waals surface area contributed by atoms with E-state index in [-0.39, 0.29) is 5.91 Å². The molecule has 3 aromatic rings. The number of fused-ring (bicyclic) bond motifs is 1. The second-order valence-electron chi connectivity index (χ2n) is 7.53. The van der Waals surface area contributed by atoms with Crippen LogP contribution < -0.4 is 19.9 Å². The molecule has 1 N–H and O–H groups in total. The van der Waals surface area contributed by atoms with Crippen LogP contribution in [0.15, 0.2) is 42.9 Å². The number of ether oxygens (including phenoxy) is 1. The van der Waals surface area contributed by atoms with Gasteiger partial charge in [0.15, 0.2) is 5.82 Å². The van der Waals surface area contributed by atoms with Gasteiger partial charge in [-0.1, -0.05) is 19.1 Å². The predicted octanol–water partition coefficient (Wildman–Crippen LogP) is 2.53. The van der Waals surface area contributed by atoms with E-state index in [9.17, 15) is 4.79 Å². The number of rotatable bonds is 8. The second kappa shape index (κ2) is 9.03. The fraction of sp³-hybridized carbons (Fsp3) is 0.364. The monoisotopic (exact) mass is 421 g/mol. The van der Waals surface area contributed by atoms with E-state index in [1.54, 1.807) is 25.3 Å². The molecule has 0 bridgehead atoms. The van der Waals surface area contributed by atoms with Gasteiger partial charge < -0.3 is 19.9 Å². The van der Waals surface area contributed by atoms with E-state index in [0.29, 0.717) is 25.6 Å². The highest BCUT2D eigenvalue weighted by molar-refractivity contribution is 6.01. The summed E-state index contributed by atoms with van der Waals surface area (Å²) in [5.41, 5.74) is 2.89. The van der Waals surface area contributed by atoms with Crippen LogP contribution >= 0.6 is 0 Å². The minimum atomic E-state index is 0.0497. The molecule has 0 radical (unpaired) electrons. The number of hydrogen-bond acceptors (Lipinski definition) is 7. The van der Waals surface area contributed by atoms with Gasteiger partial charge in [0, 0.05) is 31.9 Å². The van der Waals surface area contributed by atoms with Crippen LogP contribution in [0.2, 0.25) is 0 Å². The zero-order chi connectivity index (χ0) is 21.8. The maximum Gasteiger partial charge on any atom is 0.246 e. The quantitative estimate of drug-likeness (QED) is 0.598. The van der Waals surface area contributed by atoms with E-state index >= 15 is 0 Å². The van der Waals surface area contributed by atoms with E-state index in [1.165, 1.54) is 0 Å². The lowest BCUT2D eigenvalue weighted by Crippen LogP contribution is -2.44. The molecule has 9 nitrogen and oxygen atoms in total. The predicted molar refractivity (Wildman–Crippen MR) is 120 cm³/mol. The molecular formula is C22H27N7O2. The number of aromatic nitrogens is 4. The third-order valence-corrected chi connectivity index (χ3v) is 5.22. The van der Waals surface area contributed by atoms with Crippen molar-refractivity contribution in [1.82, 2.24) is 19.7 Å². The zero-order valence-corrected chi connectivity index (χ0v) is 18.1. The summed E-state index contributed by atoms with van der Waals surface area (Å²) in [5, 5.41) is 7.72. The van der Waals surface area contributed by atoms with Crippen LogP contribution in [0.5, 0.6) is 5.75 Å². The van der Waals surface area contributed by atoms with Crippen LogP contribution in [-0.2, 0) is 17.9 Å². The van der Waals surface area contributed by atoms with Crippen molar-refractivity contribution >= 4 is 23.4 Å². The first kappa shape index (κ1) is 20.6. The average molecular weight is 422 g/mol. The molecule has 0 unspecified atom stereocenters. The summed E-state index contributed by atoms with van der Waals surface area (Å²) in [7, 11) is 3.43. The Labute approximate surface area is 181 Å². The van der Waals surface area contributed by atoms with Crippen molar-refractivity contribution in [3.8, 4) is 5.75 Å². The highest BCUT2D eigenvalue weighted by Crippen LogP contribution is 2.31. The molecule has 2 aromatic heterocycles. The van der Waals surface area contributed by atoms with Crippen molar-refractivity contribution in [3.63, 3.8) is 0 Å². The fourth-order valence-corrected chi connectivity index (χ4v) is 3.58. The molecule has 162 valence electrons. The first-order chi connectivity index (χ1) is 15.1. The first-order valence-electron chi connectivity index (χ1n) is 10.3. The number of nitrogens with zero attached hydrogens (tertiary/aromatic N) is 6. The van der Waals surface area contributed by atoms with Gasteiger partial charge in [0.05, 0.1) is 32.6 Å². The van der Waals surface area contributed by atoms with Crippen molar-refractivity contribution < 1.29 is 9.53 Å². The van der Waals surface area contributed by atoms with E-state index in [0.717, 1.165) is 41.3 Å². The second-order valence-corrected chi connectivity index (χ2v) is 7.53. The largest absolute Gasteiger partial charge is 0.497 e. The maximum atomic E-state index is 12.2. The summed E-state index contributed by atoms with van der Waals surface area (Å²) in [6, 6.07) is 7.95. The smallest absolute Gasteiger partial charge is 0.246 e. The Hall–Kier alpha value is -3.62. The molecule has 0 aliphatic carbocycles. The molecule has 1 aliphatic rings. The van der Waals surface area contributed by atoms with Crippen molar-refractivity contribution in [2.45, 2.75) is 26.4 Å². The molecule has 0 fully saturated rings. The highest BCUT2D eigenvalue weighted by Gasteiger charge is 2.28. The number of amides is 1. The SMILES string of the molecule is CCCN1CC(=O)N(C)c2cnc(NCc3cnn(Cc4cccc(OC)c4)c3)nc21. The number of benzene rings is 1. The summed E-state index contributed by atoms with van der Waals surface area (Å²) in [6.07, 6.45) is 6.48. The molecule has 0 spiro atoms. The Bertz CT molecular complexity index is 1070. The van der Waals surface area contributed by atoms with Crippen molar-refractivity contribution in [2.75, 3.05) is 42.4 Å². The van der Waals surface area contributed by atoms with E-state index in [4.69, 9.17) is 4.74 Å². The lowest BCUT2D eigenvalue weighted by Gasteiger charge is -2.34. The minimum absolute atomic E-state index is 0.0497. The molecule has 1 aromatic carbocycles. The molecule has 1 amide bonds. The van der Waals surface area contributed by atoms with Crippen LogP contribution in [0, 0.1) is 0 Å². The van der Waals surface area contributed by atoms with Gasteiger partial charge in [0.25, 0.3) is 0 Å². The van der Waals surface area contributed by atoms with Gasteiger partial charge in [-0.15, -0.1) is 0 Å². The van der Waals surface area contributed by atoms with Gasteiger partial charge in [0.2, 0.25) is 11.9 Å². The van der Waals surface area contributed by atoms with E-state index in [1.807, 2.05) is 46.2 Å². The summed E-state index contributed by atoms with van der Waals surface area (Å²) in [4.78, 5) is 24.9. The van der Waals surface area contributed by atoms with Crippen LogP contribution in [0.4, 0.5) is 17.5 Å². The summed E-state index contributed by atoms with van der Waals surface area (Å²) in [6.45, 7) is 4.43. The fourth-order valence-electron chi connectivity index (χ4n) is 3.58. The Morgan fingerprint density at radius 1 is 1.23 bits per heavy atom. The number of anilines is 3. The Balaban J connectivity index is 1.43. The van der Waals surface area contributed by atoms with Crippen molar-refractivity contribution in [1.29, 1.82) is 0 Å². The van der Waals surface area contributed by atoms with Crippen LogP contribution in [0.3, 0.4) is 0 Å². The molecule has 0 saturated heterocycles. The van der Waals surface area contributed by atoms with Crippen LogP contribution in [0.25, 0.3) is 0 Å². The van der Waals surface area contributed by atoms with Crippen molar-refractivity contribution in [3.05, 3.63) is 54.0 Å². The topological polar surface area (TPSA) is 88.4 Å². The zero-order valence-electron chi connectivity index (χ0n) is 18.1. The summed E-state index contributed by atoms with van der Waals surface area (Å²) in [5.74, 6) is 2.20. The van der Waals surface area contributed by atoms with Crippen LogP contribution in [-0.4, -0.2) is 52.9 Å². The maximum absolute atomic E-state index is 12.2. The Kier molecular flexibility index (Phi) is 6.01. The molecule has 1 aliphatic heterocycles. The summed E-state index contributed by atoms with van der Waals surface area (Å²) < 4.78 is 7.17. The Morgan fingerprint density at radius 2 is 2.10 bits per heavy atom. The van der Waals surface area contributed by atoms with Gasteiger partial charge in [-0.05, 0) is 24.1 Å². The number of carbonyl (C=O) groups excluding carboxylic acids is 1. The lowest BCUT2D eigenvalue weighted by molar-refractivity contribution is -0.117. The molecular weight excluding hydrogens is 394 g/mol. The Morgan fingerprint density at radius 3 is 2.90 bits per heavy atom. The lowest BCUT2D eigenvalue weighted by atomic mass is 10.2. The van der Waals surface area contributed by atoms with E-state index in [2.05, 4.69) is 27.3 Å². The molecule has 3 heterocycles. The highest BCUT2D eigenvalue weighted by atomic mass is 16.5. The standard InChI is InChI=1S/C22H27N7O2/c1-4-8-28-15-20(30)27(2)19-12-24-22(26-21(19)28)23-10-17-11-25-29(14-17)13-16-6-5-7-18(9-16)31-3/h5-7,9,11-12,14H,4,8,10,13,15H2,1-3H3,(H,23,24,26). The summed E-state index contributed by atoms with van der Waals surface area (Å²) >= 11 is 0. The number of hydrogen-bond donors (Lipinski definition) is 1. The van der Waals surface area contributed by atoms with Crippen LogP contribution in [0.1, 0.15) is 24.5 Å². The van der Waals surface area contributed by atoms with Gasteiger partial charge >= 0.3 is 0 Å². The third kappa shape index (κ3) is 4.60. The van der Waals surface area contributed by atoms with Gasteiger partial charge in [-0.25, -0.2) is 4.98 Å². The number of nitrogens with one attached hydrogen (secondary N) is 1. The number of likely N-dealkylation sites (N-methyl/N-ethyl adjacent to an activating group) is 1. The normalized spacial score (nSPS) is 13.3. The molecule has 9 heteroatoms. The van der Waals surface area contributed by atoms with E-state index < -0.39 is 0 Å². The van der Waals surface area contributed by atoms with Gasteiger partial charge in [-0.3, -0.25) is 9.48 Å². The molecule has 0 saturated carbocycles. The first-order valence-corrected chi connectivity index (χ1v) is 10.3.